The van der Waals surface area contributed by atoms with Crippen LogP contribution in [0.5, 0.6) is 0 Å². The number of carbonyl (C=O) groups is 1. The summed E-state index contributed by atoms with van der Waals surface area (Å²) in [6, 6.07) is -0.387. The Kier molecular flexibility index (Phi) is 4.86. The van der Waals surface area contributed by atoms with Gasteiger partial charge in [-0.25, -0.2) is 0 Å². The number of nitrogens with one attached hydrogen (secondary N) is 1. The minimum atomic E-state index is -0.387. The largest absolute Gasteiger partial charge is 0.355 e. The molecule has 0 aliphatic rings. The lowest BCUT2D eigenvalue weighted by Gasteiger charge is -2.08. The third kappa shape index (κ3) is 5.85. The molecule has 3 nitrogen and oxygen atoms in total. The molecular formula is C8H18N2O. The number of hydrogen-bond acceptors (Lipinski definition) is 2. The zero-order valence-corrected chi connectivity index (χ0v) is 7.55. The minimum absolute atomic E-state index is 0.0642. The van der Waals surface area contributed by atoms with E-state index in [9.17, 15) is 4.79 Å². The van der Waals surface area contributed by atoms with Crippen molar-refractivity contribution in [1.29, 1.82) is 0 Å². The molecule has 0 fully saturated rings. The van der Waals surface area contributed by atoms with Crippen molar-refractivity contribution in [3.8, 4) is 0 Å². The highest BCUT2D eigenvalue weighted by molar-refractivity contribution is 5.80. The first-order chi connectivity index (χ1) is 5.04. The van der Waals surface area contributed by atoms with E-state index in [1.54, 1.807) is 6.92 Å². The lowest BCUT2D eigenvalue weighted by Crippen LogP contribution is -2.38. The van der Waals surface area contributed by atoms with Gasteiger partial charge >= 0.3 is 0 Å². The van der Waals surface area contributed by atoms with Crippen molar-refractivity contribution in [2.75, 3.05) is 6.54 Å². The Morgan fingerprint density at radius 3 is 2.36 bits per heavy atom. The van der Waals surface area contributed by atoms with Gasteiger partial charge in [0, 0.05) is 6.54 Å². The summed E-state index contributed by atoms with van der Waals surface area (Å²) in [7, 11) is 0. The number of amides is 1. The second-order valence-corrected chi connectivity index (χ2v) is 3.26. The molecule has 0 aliphatic carbocycles. The van der Waals surface area contributed by atoms with Crippen LogP contribution in [0.2, 0.25) is 0 Å². The molecule has 1 atom stereocenters. The molecular weight excluding hydrogens is 140 g/mol. The van der Waals surface area contributed by atoms with E-state index in [0.29, 0.717) is 5.92 Å². The van der Waals surface area contributed by atoms with E-state index < -0.39 is 0 Å². The van der Waals surface area contributed by atoms with E-state index in [1.807, 2.05) is 0 Å². The molecule has 3 heteroatoms. The Bertz CT molecular complexity index is 121. The molecule has 3 N–H and O–H groups in total. The van der Waals surface area contributed by atoms with Crippen molar-refractivity contribution >= 4 is 5.91 Å². The highest BCUT2D eigenvalue weighted by Crippen LogP contribution is 1.96. The molecule has 0 saturated carbocycles. The first-order valence-electron chi connectivity index (χ1n) is 4.07. The summed E-state index contributed by atoms with van der Waals surface area (Å²) < 4.78 is 0. The van der Waals surface area contributed by atoms with Gasteiger partial charge in [-0.2, -0.15) is 0 Å². The number of carbonyl (C=O) groups excluding carboxylic acids is 1. The Labute approximate surface area is 68.3 Å². The van der Waals surface area contributed by atoms with Crippen LogP contribution < -0.4 is 11.1 Å². The van der Waals surface area contributed by atoms with Crippen LogP contribution in [-0.4, -0.2) is 18.5 Å². The molecule has 0 heterocycles. The molecule has 0 saturated heterocycles. The van der Waals surface area contributed by atoms with Crippen molar-refractivity contribution in [3.63, 3.8) is 0 Å². The molecule has 11 heavy (non-hydrogen) atoms. The third-order valence-corrected chi connectivity index (χ3v) is 1.43. The summed E-state index contributed by atoms with van der Waals surface area (Å²) in [6.07, 6.45) is 1.01. The Balaban J connectivity index is 3.32. The number of nitrogens with two attached hydrogens (primary N) is 1. The summed E-state index contributed by atoms with van der Waals surface area (Å²) in [6.45, 7) is 6.67. The van der Waals surface area contributed by atoms with Crippen LogP contribution in [0.15, 0.2) is 0 Å². The Hall–Kier alpha value is -0.570. The lowest BCUT2D eigenvalue weighted by atomic mass is 10.1. The fraction of sp³-hybridized carbons (Fsp3) is 0.875. The molecule has 0 aromatic heterocycles. The zero-order valence-electron chi connectivity index (χ0n) is 7.55. The second-order valence-electron chi connectivity index (χ2n) is 3.26. The van der Waals surface area contributed by atoms with Crippen LogP contribution in [0.25, 0.3) is 0 Å². The summed E-state index contributed by atoms with van der Waals surface area (Å²) in [5.74, 6) is 0.564. The molecule has 0 spiro atoms. The van der Waals surface area contributed by atoms with Crippen LogP contribution in [0.4, 0.5) is 0 Å². The molecule has 66 valence electrons. The van der Waals surface area contributed by atoms with Crippen molar-refractivity contribution in [2.45, 2.75) is 33.2 Å². The number of hydrogen-bond donors (Lipinski definition) is 2. The van der Waals surface area contributed by atoms with Gasteiger partial charge in [-0.1, -0.05) is 13.8 Å². The van der Waals surface area contributed by atoms with Crippen molar-refractivity contribution in [2.24, 2.45) is 11.7 Å². The molecule has 0 bridgehead atoms. The highest BCUT2D eigenvalue weighted by atomic mass is 16.2. The molecule has 1 amide bonds. The first-order valence-corrected chi connectivity index (χ1v) is 4.07. The van der Waals surface area contributed by atoms with E-state index in [-0.39, 0.29) is 11.9 Å². The zero-order chi connectivity index (χ0) is 8.85. The highest BCUT2D eigenvalue weighted by Gasteiger charge is 2.05. The van der Waals surface area contributed by atoms with Gasteiger partial charge in [0.25, 0.3) is 0 Å². The first kappa shape index (κ1) is 10.4. The summed E-state index contributed by atoms with van der Waals surface area (Å²) >= 11 is 0. The summed E-state index contributed by atoms with van der Waals surface area (Å²) in [5.41, 5.74) is 5.34. The van der Waals surface area contributed by atoms with E-state index >= 15 is 0 Å². The maximum atomic E-state index is 10.9. The van der Waals surface area contributed by atoms with Gasteiger partial charge in [-0.05, 0) is 19.3 Å². The summed E-state index contributed by atoms with van der Waals surface area (Å²) in [5, 5.41) is 2.75. The topological polar surface area (TPSA) is 55.1 Å². The SMILES string of the molecule is CC(C)CCNC(=O)C(C)N. The third-order valence-electron chi connectivity index (χ3n) is 1.43. The maximum Gasteiger partial charge on any atom is 0.236 e. The van der Waals surface area contributed by atoms with Gasteiger partial charge in [0.2, 0.25) is 5.91 Å². The van der Waals surface area contributed by atoms with Gasteiger partial charge in [0.15, 0.2) is 0 Å². The number of rotatable bonds is 4. The predicted octanol–water partition coefficient (Wildman–Crippen LogP) is 0.496. The second kappa shape index (κ2) is 5.13. The van der Waals surface area contributed by atoms with Gasteiger partial charge < -0.3 is 11.1 Å². The monoisotopic (exact) mass is 158 g/mol. The summed E-state index contributed by atoms with van der Waals surface area (Å²) in [4.78, 5) is 10.9. The van der Waals surface area contributed by atoms with Gasteiger partial charge in [0.05, 0.1) is 6.04 Å². The average Bonchev–Trinajstić information content (AvgIpc) is 1.86. The van der Waals surface area contributed by atoms with Crippen LogP contribution in [0.1, 0.15) is 27.2 Å². The molecule has 0 radical (unpaired) electrons. The average molecular weight is 158 g/mol. The molecule has 0 aromatic rings. The van der Waals surface area contributed by atoms with Crippen LogP contribution in [-0.2, 0) is 4.79 Å². The molecule has 1 unspecified atom stereocenters. The van der Waals surface area contributed by atoms with Crippen molar-refractivity contribution in [1.82, 2.24) is 5.32 Å². The van der Waals surface area contributed by atoms with Crippen LogP contribution in [0.3, 0.4) is 0 Å². The standard InChI is InChI=1S/C8H18N2O/c1-6(2)4-5-10-8(11)7(3)9/h6-7H,4-5,9H2,1-3H3,(H,10,11). The van der Waals surface area contributed by atoms with E-state index in [0.717, 1.165) is 13.0 Å². The molecule has 0 aliphatic heterocycles. The minimum Gasteiger partial charge on any atom is -0.355 e. The van der Waals surface area contributed by atoms with Crippen molar-refractivity contribution < 1.29 is 4.79 Å². The molecule has 0 rings (SSSR count). The van der Waals surface area contributed by atoms with Crippen LogP contribution >= 0.6 is 0 Å². The van der Waals surface area contributed by atoms with Crippen LogP contribution in [0, 0.1) is 5.92 Å². The van der Waals surface area contributed by atoms with Crippen molar-refractivity contribution in [3.05, 3.63) is 0 Å². The molecule has 0 aromatic carbocycles. The Morgan fingerprint density at radius 1 is 1.45 bits per heavy atom. The fourth-order valence-electron chi connectivity index (χ4n) is 0.645. The normalized spacial score (nSPS) is 13.2. The lowest BCUT2D eigenvalue weighted by molar-refractivity contribution is -0.122. The van der Waals surface area contributed by atoms with E-state index in [1.165, 1.54) is 0 Å². The smallest absolute Gasteiger partial charge is 0.236 e. The van der Waals surface area contributed by atoms with Gasteiger partial charge in [-0.15, -0.1) is 0 Å². The fourth-order valence-corrected chi connectivity index (χ4v) is 0.645. The maximum absolute atomic E-state index is 10.9. The predicted molar refractivity (Wildman–Crippen MR) is 46.1 cm³/mol. The van der Waals surface area contributed by atoms with Gasteiger partial charge in [0.1, 0.15) is 0 Å². The Morgan fingerprint density at radius 2 is 2.00 bits per heavy atom. The quantitative estimate of drug-likeness (QED) is 0.626. The van der Waals surface area contributed by atoms with Gasteiger partial charge in [-0.3, -0.25) is 4.79 Å². The van der Waals surface area contributed by atoms with E-state index in [2.05, 4.69) is 19.2 Å². The van der Waals surface area contributed by atoms with E-state index in [4.69, 9.17) is 5.73 Å².